The van der Waals surface area contributed by atoms with Crippen LogP contribution in [0.1, 0.15) is 30.7 Å². The predicted molar refractivity (Wildman–Crippen MR) is 137 cm³/mol. The number of hydrogen-bond acceptors (Lipinski definition) is 5. The first kappa shape index (κ1) is 23.5. The van der Waals surface area contributed by atoms with Crippen LogP contribution in [0.3, 0.4) is 0 Å². The van der Waals surface area contributed by atoms with Crippen LogP contribution in [0.2, 0.25) is 0 Å². The topological polar surface area (TPSA) is 50.1 Å². The van der Waals surface area contributed by atoms with Gasteiger partial charge < -0.3 is 24.1 Å². The number of fused-ring (bicyclic) bond motifs is 1. The Morgan fingerprint density at radius 1 is 1.18 bits per heavy atom. The quantitative estimate of drug-likeness (QED) is 0.455. The first-order chi connectivity index (χ1) is 16.0. The Kier molecular flexibility index (Phi) is 7.85. The zero-order valence-corrected chi connectivity index (χ0v) is 20.5. The Labute approximate surface area is 201 Å². The average Bonchev–Trinajstić information content (AvgIpc) is 3.28. The fourth-order valence-corrected chi connectivity index (χ4v) is 4.54. The van der Waals surface area contributed by atoms with Gasteiger partial charge in [-0.2, -0.15) is 0 Å². The fraction of sp³-hybridized carbons (Fsp3) is 0.423. The number of anilines is 1. The Hall–Kier alpha value is -2.61. The maximum atomic E-state index is 6.26. The van der Waals surface area contributed by atoms with Crippen molar-refractivity contribution in [2.24, 2.45) is 0 Å². The first-order valence-corrected chi connectivity index (χ1v) is 12.0. The zero-order valence-electron chi connectivity index (χ0n) is 19.7. The highest BCUT2D eigenvalue weighted by Crippen LogP contribution is 2.33. The smallest absolute Gasteiger partial charge is 0.176 e. The van der Waals surface area contributed by atoms with Crippen LogP contribution in [0.25, 0.3) is 11.0 Å². The molecule has 3 aromatic rings. The van der Waals surface area contributed by atoms with E-state index in [-0.39, 0.29) is 6.04 Å². The second-order valence-electron chi connectivity index (χ2n) is 8.50. The molecule has 0 bridgehead atoms. The van der Waals surface area contributed by atoms with Crippen LogP contribution in [0, 0.1) is 6.92 Å². The third-order valence-electron chi connectivity index (χ3n) is 6.17. The molecule has 1 N–H and O–H groups in total. The molecular weight excluding hydrogens is 434 g/mol. The standard InChI is InChI=1S/C26H33N3O3S/c1-19-8-10-22(11-9-19)27-26(33)29(13-5-12-28-14-16-31-17-15-28)20(2)24-18-21-6-4-7-23(30-3)25(21)32-24/h4,6-11,18,20H,5,12-17H2,1-3H3,(H,27,33)/t20-/m1/s1. The minimum atomic E-state index is -0.0303. The van der Waals surface area contributed by atoms with E-state index in [0.29, 0.717) is 5.11 Å². The summed E-state index contributed by atoms with van der Waals surface area (Å²) in [7, 11) is 1.67. The van der Waals surface area contributed by atoms with Crippen molar-refractivity contribution in [3.63, 3.8) is 0 Å². The number of para-hydroxylation sites is 1. The molecule has 6 nitrogen and oxygen atoms in total. The molecule has 1 aliphatic rings. The Balaban J connectivity index is 1.52. The second-order valence-corrected chi connectivity index (χ2v) is 8.89. The molecule has 1 fully saturated rings. The normalized spacial score (nSPS) is 15.4. The van der Waals surface area contributed by atoms with Gasteiger partial charge in [0.15, 0.2) is 16.4 Å². The van der Waals surface area contributed by atoms with Crippen molar-refractivity contribution >= 4 is 34.0 Å². The molecule has 7 heteroatoms. The van der Waals surface area contributed by atoms with Crippen molar-refractivity contribution < 1.29 is 13.9 Å². The molecule has 176 valence electrons. The van der Waals surface area contributed by atoms with Gasteiger partial charge in [-0.25, -0.2) is 0 Å². The molecule has 1 aliphatic heterocycles. The molecule has 2 aromatic carbocycles. The average molecular weight is 468 g/mol. The van der Waals surface area contributed by atoms with Crippen molar-refractivity contribution in [3.8, 4) is 5.75 Å². The summed E-state index contributed by atoms with van der Waals surface area (Å²) in [5.74, 6) is 1.61. The Bertz CT molecular complexity index is 1060. The first-order valence-electron chi connectivity index (χ1n) is 11.6. The van der Waals surface area contributed by atoms with E-state index in [1.54, 1.807) is 7.11 Å². The SMILES string of the molecule is COc1cccc2cc([C@@H](C)N(CCCN3CCOCC3)C(=S)Nc3ccc(C)cc3)oc12. The zero-order chi connectivity index (χ0) is 23.2. The van der Waals surface area contributed by atoms with E-state index in [1.807, 2.05) is 18.2 Å². The Morgan fingerprint density at radius 2 is 1.94 bits per heavy atom. The van der Waals surface area contributed by atoms with Gasteiger partial charge in [0.1, 0.15) is 5.76 Å². The molecule has 1 atom stereocenters. The molecule has 1 aromatic heterocycles. The van der Waals surface area contributed by atoms with E-state index in [9.17, 15) is 0 Å². The van der Waals surface area contributed by atoms with Crippen LogP contribution >= 0.6 is 12.2 Å². The van der Waals surface area contributed by atoms with Crippen molar-refractivity contribution in [1.82, 2.24) is 9.80 Å². The number of ether oxygens (including phenoxy) is 2. The number of methoxy groups -OCH3 is 1. The summed E-state index contributed by atoms with van der Waals surface area (Å²) in [6, 6.07) is 16.3. The number of furan rings is 1. The summed E-state index contributed by atoms with van der Waals surface area (Å²) in [6.45, 7) is 9.68. The fourth-order valence-electron chi connectivity index (χ4n) is 4.17. The highest BCUT2D eigenvalue weighted by Gasteiger charge is 2.23. The lowest BCUT2D eigenvalue weighted by molar-refractivity contribution is 0.0365. The van der Waals surface area contributed by atoms with Crippen molar-refractivity contribution in [1.29, 1.82) is 0 Å². The minimum absolute atomic E-state index is 0.0303. The van der Waals surface area contributed by atoms with Gasteiger partial charge in [-0.3, -0.25) is 4.90 Å². The molecule has 0 amide bonds. The maximum Gasteiger partial charge on any atom is 0.176 e. The van der Waals surface area contributed by atoms with Gasteiger partial charge in [-0.05, 0) is 56.8 Å². The van der Waals surface area contributed by atoms with Crippen LogP contribution in [0.5, 0.6) is 5.75 Å². The van der Waals surface area contributed by atoms with E-state index in [4.69, 9.17) is 26.1 Å². The highest BCUT2D eigenvalue weighted by atomic mass is 32.1. The minimum Gasteiger partial charge on any atom is -0.493 e. The molecule has 0 aliphatic carbocycles. The van der Waals surface area contributed by atoms with Crippen LogP contribution in [0.4, 0.5) is 5.69 Å². The molecule has 0 unspecified atom stereocenters. The van der Waals surface area contributed by atoms with Crippen molar-refractivity contribution in [2.45, 2.75) is 26.3 Å². The number of aryl methyl sites for hydroxylation is 1. The maximum absolute atomic E-state index is 6.26. The highest BCUT2D eigenvalue weighted by molar-refractivity contribution is 7.80. The van der Waals surface area contributed by atoms with E-state index in [0.717, 1.165) is 74.0 Å². The molecule has 1 saturated heterocycles. The van der Waals surface area contributed by atoms with E-state index >= 15 is 0 Å². The van der Waals surface area contributed by atoms with Crippen molar-refractivity contribution in [2.75, 3.05) is 51.8 Å². The third kappa shape index (κ3) is 5.85. The summed E-state index contributed by atoms with van der Waals surface area (Å²) < 4.78 is 17.2. The monoisotopic (exact) mass is 467 g/mol. The number of nitrogens with zero attached hydrogens (tertiary/aromatic N) is 2. The van der Waals surface area contributed by atoms with Gasteiger partial charge in [0.05, 0.1) is 26.4 Å². The summed E-state index contributed by atoms with van der Waals surface area (Å²) in [4.78, 5) is 4.68. The van der Waals surface area contributed by atoms with Gasteiger partial charge >= 0.3 is 0 Å². The largest absolute Gasteiger partial charge is 0.493 e. The van der Waals surface area contributed by atoms with Crippen LogP contribution in [-0.2, 0) is 4.74 Å². The number of benzene rings is 2. The molecule has 0 spiro atoms. The molecule has 0 saturated carbocycles. The molecule has 4 rings (SSSR count). The molecule has 2 heterocycles. The van der Waals surface area contributed by atoms with Gasteiger partial charge in [0, 0.05) is 37.3 Å². The lowest BCUT2D eigenvalue weighted by Gasteiger charge is -2.32. The lowest BCUT2D eigenvalue weighted by atomic mass is 10.2. The molecule has 0 radical (unpaired) electrons. The number of thiocarbonyl (C=S) groups is 1. The molecule has 33 heavy (non-hydrogen) atoms. The number of morpholine rings is 1. The van der Waals surface area contributed by atoms with Crippen LogP contribution in [0.15, 0.2) is 52.9 Å². The predicted octanol–water partition coefficient (Wildman–Crippen LogP) is 5.23. The number of hydrogen-bond donors (Lipinski definition) is 1. The number of nitrogens with one attached hydrogen (secondary N) is 1. The van der Waals surface area contributed by atoms with Gasteiger partial charge in [0.2, 0.25) is 0 Å². The summed E-state index contributed by atoms with van der Waals surface area (Å²) in [5.41, 5.74) is 2.98. The van der Waals surface area contributed by atoms with Crippen LogP contribution < -0.4 is 10.1 Å². The van der Waals surface area contributed by atoms with E-state index in [2.05, 4.69) is 59.3 Å². The lowest BCUT2D eigenvalue weighted by Crippen LogP contribution is -2.41. The van der Waals surface area contributed by atoms with E-state index in [1.165, 1.54) is 5.56 Å². The summed E-state index contributed by atoms with van der Waals surface area (Å²) >= 11 is 5.88. The Morgan fingerprint density at radius 3 is 2.67 bits per heavy atom. The summed E-state index contributed by atoms with van der Waals surface area (Å²) in [6.07, 6.45) is 1.00. The second kappa shape index (κ2) is 11.0. The van der Waals surface area contributed by atoms with E-state index < -0.39 is 0 Å². The summed E-state index contributed by atoms with van der Waals surface area (Å²) in [5, 5.41) is 5.15. The van der Waals surface area contributed by atoms with Gasteiger partial charge in [0.25, 0.3) is 0 Å². The van der Waals surface area contributed by atoms with Crippen molar-refractivity contribution in [3.05, 3.63) is 59.9 Å². The third-order valence-corrected chi connectivity index (χ3v) is 6.50. The van der Waals surface area contributed by atoms with Gasteiger partial charge in [-0.1, -0.05) is 29.8 Å². The number of rotatable bonds is 8. The molecular formula is C26H33N3O3S. The van der Waals surface area contributed by atoms with Gasteiger partial charge in [-0.15, -0.1) is 0 Å². The van der Waals surface area contributed by atoms with Crippen LogP contribution in [-0.4, -0.2) is 61.4 Å².